The summed E-state index contributed by atoms with van der Waals surface area (Å²) in [5, 5.41) is 5.81. The fourth-order valence-corrected chi connectivity index (χ4v) is 2.15. The van der Waals surface area contributed by atoms with Crippen molar-refractivity contribution in [2.75, 3.05) is 26.8 Å². The molecule has 1 aromatic heterocycles. The second-order valence-corrected chi connectivity index (χ2v) is 4.75. The Morgan fingerprint density at radius 3 is 2.84 bits per heavy atom. The summed E-state index contributed by atoms with van der Waals surface area (Å²) >= 11 is 0. The van der Waals surface area contributed by atoms with E-state index in [-0.39, 0.29) is 17.3 Å². The Bertz CT molecular complexity index is 430. The molecule has 0 atom stereocenters. The lowest BCUT2D eigenvalue weighted by Gasteiger charge is -2.26. The molecule has 19 heavy (non-hydrogen) atoms. The summed E-state index contributed by atoms with van der Waals surface area (Å²) in [6.07, 6.45) is -0.809. The molecular formula is C12H17F2N3O2. The maximum atomic E-state index is 12.4. The predicted molar refractivity (Wildman–Crippen MR) is 64.0 cm³/mol. The monoisotopic (exact) mass is 273 g/mol. The van der Waals surface area contributed by atoms with E-state index in [9.17, 15) is 13.6 Å². The van der Waals surface area contributed by atoms with Gasteiger partial charge >= 0.3 is 0 Å². The minimum absolute atomic E-state index is 0.0323. The van der Waals surface area contributed by atoms with Crippen LogP contribution in [0.2, 0.25) is 0 Å². The van der Waals surface area contributed by atoms with E-state index in [4.69, 9.17) is 4.74 Å². The average molecular weight is 273 g/mol. The molecule has 1 saturated heterocycles. The highest BCUT2D eigenvalue weighted by molar-refractivity contribution is 5.92. The molecule has 1 fully saturated rings. The molecule has 1 N–H and O–H groups in total. The lowest BCUT2D eigenvalue weighted by Crippen LogP contribution is -2.34. The number of hydrogen-bond donors (Lipinski definition) is 1. The van der Waals surface area contributed by atoms with Crippen LogP contribution in [0.25, 0.3) is 0 Å². The molecule has 5 nitrogen and oxygen atoms in total. The van der Waals surface area contributed by atoms with E-state index in [0.29, 0.717) is 25.7 Å². The van der Waals surface area contributed by atoms with Gasteiger partial charge in [-0.15, -0.1) is 0 Å². The van der Waals surface area contributed by atoms with Gasteiger partial charge < -0.3 is 9.64 Å². The second kappa shape index (κ2) is 6.10. The van der Waals surface area contributed by atoms with Crippen LogP contribution in [-0.2, 0) is 4.74 Å². The molecule has 2 heterocycles. The maximum absolute atomic E-state index is 12.4. The number of hydrogen-bond acceptors (Lipinski definition) is 3. The lowest BCUT2D eigenvalue weighted by molar-refractivity contribution is 0.0495. The Morgan fingerprint density at radius 2 is 2.26 bits per heavy atom. The van der Waals surface area contributed by atoms with Crippen molar-refractivity contribution >= 4 is 5.91 Å². The minimum Gasteiger partial charge on any atom is -0.381 e. The average Bonchev–Trinajstić information content (AvgIpc) is 2.88. The molecule has 0 spiro atoms. The highest BCUT2D eigenvalue weighted by Gasteiger charge is 2.22. The van der Waals surface area contributed by atoms with Gasteiger partial charge in [0.05, 0.1) is 0 Å². The normalized spacial score (nSPS) is 16.8. The third kappa shape index (κ3) is 3.50. The molecule has 106 valence electrons. The molecule has 2 rings (SSSR count). The third-order valence-corrected chi connectivity index (χ3v) is 3.27. The van der Waals surface area contributed by atoms with Crippen molar-refractivity contribution in [3.8, 4) is 0 Å². The summed E-state index contributed by atoms with van der Waals surface area (Å²) in [6, 6.07) is 1.10. The van der Waals surface area contributed by atoms with Crippen LogP contribution in [0.5, 0.6) is 0 Å². The van der Waals surface area contributed by atoms with E-state index in [1.54, 1.807) is 7.05 Å². The molecule has 0 aromatic carbocycles. The van der Waals surface area contributed by atoms with E-state index in [0.717, 1.165) is 18.9 Å². The highest BCUT2D eigenvalue weighted by Crippen LogP contribution is 2.19. The van der Waals surface area contributed by atoms with Crippen LogP contribution in [0.1, 0.15) is 35.4 Å². The van der Waals surface area contributed by atoms with Crippen molar-refractivity contribution in [2.45, 2.75) is 19.3 Å². The molecule has 1 aliphatic rings. The van der Waals surface area contributed by atoms with Gasteiger partial charge in [-0.2, -0.15) is 5.10 Å². The van der Waals surface area contributed by atoms with Crippen LogP contribution in [-0.4, -0.2) is 47.8 Å². The topological polar surface area (TPSA) is 58.2 Å². The first-order chi connectivity index (χ1) is 9.08. The molecule has 0 radical (unpaired) electrons. The van der Waals surface area contributed by atoms with E-state index in [1.165, 1.54) is 4.90 Å². The number of nitrogens with one attached hydrogen (secondary N) is 1. The fraction of sp³-hybridized carbons (Fsp3) is 0.667. The number of aromatic nitrogens is 2. The quantitative estimate of drug-likeness (QED) is 0.910. The molecule has 0 unspecified atom stereocenters. The fourth-order valence-electron chi connectivity index (χ4n) is 2.15. The van der Waals surface area contributed by atoms with Gasteiger partial charge in [0.2, 0.25) is 0 Å². The Kier molecular flexibility index (Phi) is 4.47. The second-order valence-electron chi connectivity index (χ2n) is 4.75. The number of halogens is 2. The minimum atomic E-state index is -2.64. The number of aromatic amines is 1. The van der Waals surface area contributed by atoms with E-state index < -0.39 is 6.43 Å². The van der Waals surface area contributed by atoms with Gasteiger partial charge in [-0.3, -0.25) is 9.89 Å². The first-order valence-corrected chi connectivity index (χ1v) is 6.24. The SMILES string of the molecule is CN(CC1CCOCC1)C(=O)c1cc(C(F)F)[nH]n1. The van der Waals surface area contributed by atoms with E-state index in [1.807, 2.05) is 0 Å². The van der Waals surface area contributed by atoms with Crippen molar-refractivity contribution in [3.63, 3.8) is 0 Å². The Hall–Kier alpha value is -1.50. The van der Waals surface area contributed by atoms with Gasteiger partial charge in [0.15, 0.2) is 5.69 Å². The van der Waals surface area contributed by atoms with Gasteiger partial charge in [0.1, 0.15) is 5.69 Å². The van der Waals surface area contributed by atoms with E-state index >= 15 is 0 Å². The number of H-pyrrole nitrogens is 1. The molecule has 0 aliphatic carbocycles. The molecule has 0 bridgehead atoms. The summed E-state index contributed by atoms with van der Waals surface area (Å²) in [4.78, 5) is 13.6. The third-order valence-electron chi connectivity index (χ3n) is 3.27. The summed E-state index contributed by atoms with van der Waals surface area (Å²) < 4.78 is 30.1. The van der Waals surface area contributed by atoms with Crippen LogP contribution < -0.4 is 0 Å². The zero-order valence-corrected chi connectivity index (χ0v) is 10.7. The molecule has 1 aromatic rings. The molecule has 0 saturated carbocycles. The molecular weight excluding hydrogens is 256 g/mol. The van der Waals surface area contributed by atoms with Gasteiger partial charge in [0.25, 0.3) is 12.3 Å². The summed E-state index contributed by atoms with van der Waals surface area (Å²) in [5.41, 5.74) is -0.298. The first-order valence-electron chi connectivity index (χ1n) is 6.24. The summed E-state index contributed by atoms with van der Waals surface area (Å²) in [5.74, 6) is 0.0610. The Labute approximate surface area is 109 Å². The van der Waals surface area contributed by atoms with Gasteiger partial charge in [0, 0.05) is 26.8 Å². The molecule has 7 heteroatoms. The zero-order valence-electron chi connectivity index (χ0n) is 10.7. The summed E-state index contributed by atoms with van der Waals surface area (Å²) in [7, 11) is 1.66. The zero-order chi connectivity index (χ0) is 13.8. The van der Waals surface area contributed by atoms with Crippen molar-refractivity contribution in [3.05, 3.63) is 17.5 Å². The van der Waals surface area contributed by atoms with Crippen LogP contribution in [0.4, 0.5) is 8.78 Å². The number of amides is 1. The van der Waals surface area contributed by atoms with Crippen LogP contribution >= 0.6 is 0 Å². The van der Waals surface area contributed by atoms with Crippen molar-refractivity contribution in [1.29, 1.82) is 0 Å². The van der Waals surface area contributed by atoms with E-state index in [2.05, 4.69) is 10.2 Å². The lowest BCUT2D eigenvalue weighted by atomic mass is 10.00. The first kappa shape index (κ1) is 13.9. The molecule has 1 aliphatic heterocycles. The number of carbonyl (C=O) groups is 1. The maximum Gasteiger partial charge on any atom is 0.279 e. The number of nitrogens with zero attached hydrogens (tertiary/aromatic N) is 2. The Balaban J connectivity index is 1.93. The van der Waals surface area contributed by atoms with Gasteiger partial charge in [-0.05, 0) is 24.8 Å². The van der Waals surface area contributed by atoms with Crippen LogP contribution in [0.3, 0.4) is 0 Å². The largest absolute Gasteiger partial charge is 0.381 e. The van der Waals surface area contributed by atoms with Crippen LogP contribution in [0.15, 0.2) is 6.07 Å². The summed E-state index contributed by atoms with van der Waals surface area (Å²) in [6.45, 7) is 2.02. The highest BCUT2D eigenvalue weighted by atomic mass is 19.3. The van der Waals surface area contributed by atoms with Crippen molar-refractivity contribution < 1.29 is 18.3 Å². The van der Waals surface area contributed by atoms with Gasteiger partial charge in [-0.25, -0.2) is 8.78 Å². The van der Waals surface area contributed by atoms with Gasteiger partial charge in [-0.1, -0.05) is 0 Å². The Morgan fingerprint density at radius 1 is 1.58 bits per heavy atom. The molecule has 1 amide bonds. The number of carbonyl (C=O) groups excluding carboxylic acids is 1. The van der Waals surface area contributed by atoms with Crippen LogP contribution in [0, 0.1) is 5.92 Å². The smallest absolute Gasteiger partial charge is 0.279 e. The number of ether oxygens (including phenoxy) is 1. The number of rotatable bonds is 4. The van der Waals surface area contributed by atoms with Crippen molar-refractivity contribution in [2.24, 2.45) is 5.92 Å². The van der Waals surface area contributed by atoms with Crippen molar-refractivity contribution in [1.82, 2.24) is 15.1 Å². The number of alkyl halides is 2. The standard InChI is InChI=1S/C12H17F2N3O2/c1-17(7-8-2-4-19-5-3-8)12(18)10-6-9(11(13)14)15-16-10/h6,8,11H,2-5,7H2,1H3,(H,15,16). The predicted octanol–water partition coefficient (Wildman–Crippen LogP) is 1.85.